The van der Waals surface area contributed by atoms with Crippen LogP contribution in [0.3, 0.4) is 0 Å². The van der Waals surface area contributed by atoms with E-state index in [4.69, 9.17) is 4.74 Å². The van der Waals surface area contributed by atoms with Crippen molar-refractivity contribution in [1.82, 2.24) is 20.5 Å². The zero-order valence-corrected chi connectivity index (χ0v) is 19.5. The van der Waals surface area contributed by atoms with Gasteiger partial charge >= 0.3 is 0 Å². The molecule has 0 radical (unpaired) electrons. The number of likely N-dealkylation sites (tertiary alicyclic amines) is 1. The second-order valence-corrected chi connectivity index (χ2v) is 7.28. The first-order valence-corrected chi connectivity index (χ1v) is 9.81. The SMILES string of the molecule is CN=C(NCc1ccc(OC)nc1)NCC(C(C)C)N1CCCCCC1.I. The van der Waals surface area contributed by atoms with E-state index in [9.17, 15) is 0 Å². The van der Waals surface area contributed by atoms with Crippen LogP contribution in [0.15, 0.2) is 23.3 Å². The monoisotopic (exact) mass is 489 g/mol. The van der Waals surface area contributed by atoms with Crippen molar-refractivity contribution >= 4 is 29.9 Å². The van der Waals surface area contributed by atoms with Gasteiger partial charge in [-0.3, -0.25) is 9.89 Å². The predicted molar refractivity (Wildman–Crippen MR) is 123 cm³/mol. The minimum absolute atomic E-state index is 0. The Hall–Kier alpha value is -1.09. The fraction of sp³-hybridized carbons (Fsp3) is 0.700. The molecule has 1 aliphatic rings. The summed E-state index contributed by atoms with van der Waals surface area (Å²) in [5.41, 5.74) is 1.10. The third-order valence-electron chi connectivity index (χ3n) is 5.05. The lowest BCUT2D eigenvalue weighted by Crippen LogP contribution is -2.49. The van der Waals surface area contributed by atoms with Crippen LogP contribution < -0.4 is 15.4 Å². The normalized spacial score (nSPS) is 17.0. The highest BCUT2D eigenvalue weighted by Crippen LogP contribution is 2.17. The standard InChI is InChI=1S/C20H35N5O.HI/c1-16(2)18(25-11-7-5-6-8-12-25)15-24-20(21-3)23-14-17-9-10-19(26-4)22-13-17;/h9-10,13,16,18H,5-8,11-12,14-15H2,1-4H3,(H2,21,23,24);1H. The molecule has 0 saturated carbocycles. The van der Waals surface area contributed by atoms with E-state index < -0.39 is 0 Å². The van der Waals surface area contributed by atoms with Crippen LogP contribution in [0.4, 0.5) is 0 Å². The van der Waals surface area contributed by atoms with Crippen LogP contribution in [0.1, 0.15) is 45.1 Å². The fourth-order valence-electron chi connectivity index (χ4n) is 3.46. The minimum Gasteiger partial charge on any atom is -0.481 e. The largest absolute Gasteiger partial charge is 0.481 e. The van der Waals surface area contributed by atoms with Crippen LogP contribution in [0.2, 0.25) is 0 Å². The van der Waals surface area contributed by atoms with Gasteiger partial charge in [0.05, 0.1) is 7.11 Å². The molecule has 1 fully saturated rings. The first kappa shape index (κ1) is 23.9. The Balaban J connectivity index is 0.00000364. The Bertz CT molecular complexity index is 542. The third-order valence-corrected chi connectivity index (χ3v) is 5.05. The third kappa shape index (κ3) is 8.21. The number of aromatic nitrogens is 1. The van der Waals surface area contributed by atoms with E-state index in [0.717, 1.165) is 18.1 Å². The minimum atomic E-state index is 0. The smallest absolute Gasteiger partial charge is 0.212 e. The quantitative estimate of drug-likeness (QED) is 0.350. The van der Waals surface area contributed by atoms with Crippen LogP contribution in [-0.2, 0) is 6.54 Å². The topological polar surface area (TPSA) is 61.8 Å². The number of hydrogen-bond acceptors (Lipinski definition) is 4. The molecular formula is C20H36IN5O. The summed E-state index contributed by atoms with van der Waals surface area (Å²) in [5, 5.41) is 6.89. The number of pyridine rings is 1. The van der Waals surface area contributed by atoms with Crippen molar-refractivity contribution in [2.45, 2.75) is 52.1 Å². The maximum atomic E-state index is 5.10. The van der Waals surface area contributed by atoms with Crippen molar-refractivity contribution in [1.29, 1.82) is 0 Å². The van der Waals surface area contributed by atoms with Crippen LogP contribution in [0.25, 0.3) is 0 Å². The summed E-state index contributed by atoms with van der Waals surface area (Å²) >= 11 is 0. The molecule has 1 unspecified atom stereocenters. The summed E-state index contributed by atoms with van der Waals surface area (Å²) in [6, 6.07) is 4.43. The molecule has 0 aromatic carbocycles. The first-order valence-electron chi connectivity index (χ1n) is 9.81. The van der Waals surface area contributed by atoms with Crippen molar-refractivity contribution in [2.24, 2.45) is 10.9 Å². The average Bonchev–Trinajstić information content (AvgIpc) is 2.94. The molecule has 1 aromatic heterocycles. The molecule has 1 saturated heterocycles. The number of methoxy groups -OCH3 is 1. The second-order valence-electron chi connectivity index (χ2n) is 7.28. The van der Waals surface area contributed by atoms with E-state index in [-0.39, 0.29) is 24.0 Å². The Morgan fingerprint density at radius 1 is 1.19 bits per heavy atom. The lowest BCUT2D eigenvalue weighted by Gasteiger charge is -2.34. The number of guanidine groups is 1. The molecule has 1 atom stereocenters. The lowest BCUT2D eigenvalue weighted by atomic mass is 10.0. The van der Waals surface area contributed by atoms with Gasteiger partial charge in [0.2, 0.25) is 5.88 Å². The van der Waals surface area contributed by atoms with Gasteiger partial charge in [0.1, 0.15) is 0 Å². The highest BCUT2D eigenvalue weighted by Gasteiger charge is 2.22. The Morgan fingerprint density at radius 2 is 1.89 bits per heavy atom. The molecule has 0 amide bonds. The van der Waals surface area contributed by atoms with Crippen LogP contribution in [0, 0.1) is 5.92 Å². The molecule has 27 heavy (non-hydrogen) atoms. The molecule has 154 valence electrons. The maximum absolute atomic E-state index is 5.10. The molecule has 0 spiro atoms. The summed E-state index contributed by atoms with van der Waals surface area (Å²) in [7, 11) is 3.44. The van der Waals surface area contributed by atoms with E-state index in [1.54, 1.807) is 7.11 Å². The molecule has 0 bridgehead atoms. The van der Waals surface area contributed by atoms with Crippen LogP contribution in [0.5, 0.6) is 5.88 Å². The number of nitrogens with one attached hydrogen (secondary N) is 2. The fourth-order valence-corrected chi connectivity index (χ4v) is 3.46. The molecule has 2 rings (SSSR count). The Kier molecular flexibility index (Phi) is 11.7. The molecule has 2 N–H and O–H groups in total. The van der Waals surface area contributed by atoms with Gasteiger partial charge in [0.15, 0.2) is 5.96 Å². The molecule has 7 heteroatoms. The molecule has 1 aliphatic heterocycles. The number of aliphatic imine (C=N–C) groups is 1. The molecule has 1 aromatic rings. The summed E-state index contributed by atoms with van der Waals surface area (Å²) in [4.78, 5) is 11.3. The molecular weight excluding hydrogens is 453 g/mol. The number of ether oxygens (including phenoxy) is 1. The number of nitrogens with zero attached hydrogens (tertiary/aromatic N) is 3. The van der Waals surface area contributed by atoms with E-state index in [0.29, 0.717) is 24.4 Å². The number of rotatable bonds is 7. The van der Waals surface area contributed by atoms with Gasteiger partial charge in [-0.05, 0) is 37.4 Å². The van der Waals surface area contributed by atoms with E-state index in [1.165, 1.54) is 38.8 Å². The zero-order chi connectivity index (χ0) is 18.8. The molecule has 6 nitrogen and oxygen atoms in total. The number of halogens is 1. The predicted octanol–water partition coefficient (Wildman–Crippen LogP) is 3.27. The molecule has 0 aliphatic carbocycles. The van der Waals surface area contributed by atoms with Crippen molar-refractivity contribution in [3.05, 3.63) is 23.9 Å². The van der Waals surface area contributed by atoms with Gasteiger partial charge in [-0.25, -0.2) is 4.98 Å². The second kappa shape index (κ2) is 13.1. The van der Waals surface area contributed by atoms with Gasteiger partial charge in [0, 0.05) is 38.4 Å². The van der Waals surface area contributed by atoms with Crippen molar-refractivity contribution < 1.29 is 4.74 Å². The lowest BCUT2D eigenvalue weighted by molar-refractivity contribution is 0.161. The van der Waals surface area contributed by atoms with Gasteiger partial charge in [0.25, 0.3) is 0 Å². The zero-order valence-electron chi connectivity index (χ0n) is 17.2. The van der Waals surface area contributed by atoms with Crippen molar-refractivity contribution in [3.8, 4) is 5.88 Å². The van der Waals surface area contributed by atoms with Crippen LogP contribution in [-0.4, -0.2) is 55.7 Å². The highest BCUT2D eigenvalue weighted by atomic mass is 127. The summed E-state index contributed by atoms with van der Waals surface area (Å²) in [5.74, 6) is 2.08. The van der Waals surface area contributed by atoms with E-state index in [1.807, 2.05) is 25.4 Å². The van der Waals surface area contributed by atoms with Crippen molar-refractivity contribution in [3.63, 3.8) is 0 Å². The molecule has 2 heterocycles. The van der Waals surface area contributed by atoms with E-state index in [2.05, 4.69) is 39.4 Å². The summed E-state index contributed by atoms with van der Waals surface area (Å²) in [6.07, 6.45) is 7.20. The summed E-state index contributed by atoms with van der Waals surface area (Å²) in [6.45, 7) is 8.67. The number of hydrogen-bond donors (Lipinski definition) is 2. The average molecular weight is 489 g/mol. The van der Waals surface area contributed by atoms with Crippen LogP contribution >= 0.6 is 24.0 Å². The Morgan fingerprint density at radius 3 is 2.41 bits per heavy atom. The van der Waals surface area contributed by atoms with Gasteiger partial charge < -0.3 is 15.4 Å². The van der Waals surface area contributed by atoms with Gasteiger partial charge in [-0.1, -0.05) is 32.8 Å². The summed E-state index contributed by atoms with van der Waals surface area (Å²) < 4.78 is 5.10. The van der Waals surface area contributed by atoms with E-state index >= 15 is 0 Å². The first-order chi connectivity index (χ1) is 12.6. The van der Waals surface area contributed by atoms with Crippen molar-refractivity contribution in [2.75, 3.05) is 33.8 Å². The Labute approximate surface area is 181 Å². The van der Waals surface area contributed by atoms with Gasteiger partial charge in [-0.15, -0.1) is 24.0 Å². The van der Waals surface area contributed by atoms with Gasteiger partial charge in [-0.2, -0.15) is 0 Å². The maximum Gasteiger partial charge on any atom is 0.212 e. The highest BCUT2D eigenvalue weighted by molar-refractivity contribution is 14.0.